The van der Waals surface area contributed by atoms with Gasteiger partial charge in [-0.15, -0.1) is 0 Å². The Morgan fingerprint density at radius 1 is 1.09 bits per heavy atom. The van der Waals surface area contributed by atoms with Crippen LogP contribution in [0.15, 0.2) is 53.5 Å². The summed E-state index contributed by atoms with van der Waals surface area (Å²) in [5, 5.41) is 0. The summed E-state index contributed by atoms with van der Waals surface area (Å²) in [6.07, 6.45) is 1.64. The van der Waals surface area contributed by atoms with Gasteiger partial charge >= 0.3 is 0 Å². The van der Waals surface area contributed by atoms with E-state index in [4.69, 9.17) is 0 Å². The first-order chi connectivity index (χ1) is 11.1. The maximum absolute atomic E-state index is 12.9. The molecule has 120 valence electrons. The van der Waals surface area contributed by atoms with Gasteiger partial charge in [-0.2, -0.15) is 0 Å². The fraction of sp³-hybridized carbons (Fsp3) is 0.333. The van der Waals surface area contributed by atoms with Crippen molar-refractivity contribution in [3.8, 4) is 0 Å². The lowest BCUT2D eigenvalue weighted by Crippen LogP contribution is -2.49. The maximum atomic E-state index is 12.9. The minimum absolute atomic E-state index is 0.00603. The molecule has 2 heterocycles. The molecular formula is C18H21N3O2. The third-order valence-corrected chi connectivity index (χ3v) is 4.38. The average molecular weight is 311 g/mol. The van der Waals surface area contributed by atoms with E-state index in [2.05, 4.69) is 11.9 Å². The summed E-state index contributed by atoms with van der Waals surface area (Å²) in [5.41, 5.74) is 1.41. The number of hydrogen-bond donors (Lipinski definition) is 0. The largest absolute Gasteiger partial charge is 0.329 e. The molecule has 1 saturated heterocycles. The molecule has 3 rings (SSSR count). The minimum Gasteiger partial charge on any atom is -0.329 e. The lowest BCUT2D eigenvalue weighted by atomic mass is 10.0. The summed E-state index contributed by atoms with van der Waals surface area (Å²) >= 11 is 0. The number of aromatic nitrogens is 1. The first-order valence-corrected chi connectivity index (χ1v) is 7.77. The topological polar surface area (TPSA) is 45.5 Å². The third-order valence-electron chi connectivity index (χ3n) is 4.38. The molecule has 1 fully saturated rings. The van der Waals surface area contributed by atoms with Gasteiger partial charge in [0.25, 0.3) is 11.5 Å². The van der Waals surface area contributed by atoms with Gasteiger partial charge in [-0.25, -0.2) is 0 Å². The smallest absolute Gasteiger partial charge is 0.254 e. The predicted octanol–water partition coefficient (Wildman–Crippen LogP) is 1.51. The zero-order valence-electron chi connectivity index (χ0n) is 13.5. The molecule has 1 atom stereocenters. The molecule has 1 aromatic heterocycles. The van der Waals surface area contributed by atoms with Crippen molar-refractivity contribution in [2.24, 2.45) is 7.05 Å². The molecular weight excluding hydrogens is 290 g/mol. The van der Waals surface area contributed by atoms with Gasteiger partial charge < -0.3 is 14.4 Å². The second-order valence-corrected chi connectivity index (χ2v) is 6.05. The molecule has 1 aromatic carbocycles. The minimum atomic E-state index is -0.166. The van der Waals surface area contributed by atoms with Crippen LogP contribution >= 0.6 is 0 Å². The van der Waals surface area contributed by atoms with Crippen molar-refractivity contribution < 1.29 is 4.79 Å². The van der Waals surface area contributed by atoms with E-state index in [0.29, 0.717) is 12.1 Å². The molecule has 5 nitrogen and oxygen atoms in total. The molecule has 1 amide bonds. The maximum Gasteiger partial charge on any atom is 0.254 e. The van der Waals surface area contributed by atoms with E-state index in [9.17, 15) is 9.59 Å². The summed E-state index contributed by atoms with van der Waals surface area (Å²) in [5.74, 6) is -0.0790. The molecule has 0 spiro atoms. The predicted molar refractivity (Wildman–Crippen MR) is 89.4 cm³/mol. The number of nitrogens with zero attached hydrogens (tertiary/aromatic N) is 3. The molecule has 0 bridgehead atoms. The Kier molecular flexibility index (Phi) is 4.30. The van der Waals surface area contributed by atoms with Crippen molar-refractivity contribution in [1.29, 1.82) is 0 Å². The second kappa shape index (κ2) is 6.38. The number of piperazine rings is 1. The molecule has 0 radical (unpaired) electrons. The first kappa shape index (κ1) is 15.5. The zero-order valence-corrected chi connectivity index (χ0v) is 13.5. The summed E-state index contributed by atoms with van der Waals surface area (Å²) < 4.78 is 1.47. The number of carbonyl (C=O) groups excluding carboxylic acids is 1. The fourth-order valence-corrected chi connectivity index (χ4v) is 2.97. The van der Waals surface area contributed by atoms with Gasteiger partial charge in [-0.1, -0.05) is 30.3 Å². The van der Waals surface area contributed by atoms with Crippen molar-refractivity contribution in [3.63, 3.8) is 0 Å². The fourth-order valence-electron chi connectivity index (χ4n) is 2.97. The van der Waals surface area contributed by atoms with Gasteiger partial charge in [0, 0.05) is 44.5 Å². The van der Waals surface area contributed by atoms with Crippen molar-refractivity contribution in [2.75, 3.05) is 26.7 Å². The summed E-state index contributed by atoms with van der Waals surface area (Å²) in [4.78, 5) is 28.8. The molecule has 0 aliphatic carbocycles. The number of aryl methyl sites for hydroxylation is 1. The van der Waals surface area contributed by atoms with Gasteiger partial charge in [-0.3, -0.25) is 9.59 Å². The molecule has 1 aliphatic rings. The van der Waals surface area contributed by atoms with E-state index in [1.54, 1.807) is 19.3 Å². The highest BCUT2D eigenvalue weighted by atomic mass is 16.2. The molecule has 2 aromatic rings. The van der Waals surface area contributed by atoms with Gasteiger partial charge in [0.1, 0.15) is 0 Å². The van der Waals surface area contributed by atoms with E-state index in [-0.39, 0.29) is 17.5 Å². The molecule has 23 heavy (non-hydrogen) atoms. The molecule has 0 saturated carbocycles. The van der Waals surface area contributed by atoms with E-state index in [0.717, 1.165) is 18.7 Å². The quantitative estimate of drug-likeness (QED) is 0.844. The van der Waals surface area contributed by atoms with Gasteiger partial charge in [0.15, 0.2) is 0 Å². The first-order valence-electron chi connectivity index (χ1n) is 7.77. The normalized spacial score (nSPS) is 18.9. The van der Waals surface area contributed by atoms with Gasteiger partial charge in [0.05, 0.1) is 6.04 Å². The summed E-state index contributed by atoms with van der Waals surface area (Å²) in [7, 11) is 3.75. The van der Waals surface area contributed by atoms with Gasteiger partial charge in [-0.05, 0) is 18.7 Å². The molecule has 1 unspecified atom stereocenters. The highest BCUT2D eigenvalue weighted by Gasteiger charge is 2.30. The SMILES string of the molecule is CN1CCN(C(=O)c2ccn(C)c(=O)c2)C(c2ccccc2)C1. The number of pyridine rings is 1. The van der Waals surface area contributed by atoms with E-state index >= 15 is 0 Å². The number of amides is 1. The Morgan fingerprint density at radius 2 is 1.83 bits per heavy atom. The Bertz CT molecular complexity index is 754. The van der Waals surface area contributed by atoms with Crippen LogP contribution in [0.5, 0.6) is 0 Å². The van der Waals surface area contributed by atoms with Crippen molar-refractivity contribution in [1.82, 2.24) is 14.4 Å². The number of hydrogen-bond acceptors (Lipinski definition) is 3. The van der Waals surface area contributed by atoms with Gasteiger partial charge in [0.2, 0.25) is 0 Å². The number of likely N-dealkylation sites (N-methyl/N-ethyl adjacent to an activating group) is 1. The highest BCUT2D eigenvalue weighted by Crippen LogP contribution is 2.26. The standard InChI is InChI=1S/C18H21N3O2/c1-19-10-11-21(16(13-19)14-6-4-3-5-7-14)18(23)15-8-9-20(2)17(22)12-15/h3-9,12,16H,10-11,13H2,1-2H3. The van der Waals surface area contributed by atoms with Crippen LogP contribution in [0.2, 0.25) is 0 Å². The van der Waals surface area contributed by atoms with Crippen LogP contribution in [0.4, 0.5) is 0 Å². The number of rotatable bonds is 2. The molecule has 0 N–H and O–H groups in total. The van der Waals surface area contributed by atoms with E-state index in [1.165, 1.54) is 10.6 Å². The van der Waals surface area contributed by atoms with Crippen molar-refractivity contribution in [2.45, 2.75) is 6.04 Å². The van der Waals surface area contributed by atoms with E-state index in [1.807, 2.05) is 35.2 Å². The Balaban J connectivity index is 1.93. The number of carbonyl (C=O) groups is 1. The van der Waals surface area contributed by atoms with Crippen molar-refractivity contribution >= 4 is 5.91 Å². The lowest BCUT2D eigenvalue weighted by molar-refractivity contribution is 0.0497. The Morgan fingerprint density at radius 3 is 2.52 bits per heavy atom. The van der Waals surface area contributed by atoms with Crippen LogP contribution in [0.3, 0.4) is 0 Å². The van der Waals surface area contributed by atoms with Crippen LogP contribution < -0.4 is 5.56 Å². The summed E-state index contributed by atoms with van der Waals surface area (Å²) in [6.45, 7) is 2.28. The van der Waals surface area contributed by atoms with Crippen LogP contribution in [0.25, 0.3) is 0 Å². The molecule has 5 heteroatoms. The van der Waals surface area contributed by atoms with E-state index < -0.39 is 0 Å². The third kappa shape index (κ3) is 3.19. The molecule has 1 aliphatic heterocycles. The Hall–Kier alpha value is -2.40. The van der Waals surface area contributed by atoms with Crippen LogP contribution in [0.1, 0.15) is 22.0 Å². The lowest BCUT2D eigenvalue weighted by Gasteiger charge is -2.40. The van der Waals surface area contributed by atoms with Crippen LogP contribution in [0, 0.1) is 0 Å². The monoisotopic (exact) mass is 311 g/mol. The summed E-state index contributed by atoms with van der Waals surface area (Å²) in [6, 6.07) is 13.2. The Labute approximate surface area is 135 Å². The number of benzene rings is 1. The van der Waals surface area contributed by atoms with Crippen LogP contribution in [-0.2, 0) is 7.05 Å². The average Bonchev–Trinajstić information content (AvgIpc) is 2.57. The van der Waals surface area contributed by atoms with Crippen molar-refractivity contribution in [3.05, 3.63) is 70.1 Å². The second-order valence-electron chi connectivity index (χ2n) is 6.05. The highest BCUT2D eigenvalue weighted by molar-refractivity contribution is 5.94. The van der Waals surface area contributed by atoms with Crippen LogP contribution in [-0.4, -0.2) is 47.0 Å². The zero-order chi connectivity index (χ0) is 16.4.